The van der Waals surface area contributed by atoms with E-state index in [1.165, 1.54) is 13.2 Å². The predicted molar refractivity (Wildman–Crippen MR) is 66.4 cm³/mol. The third-order valence-corrected chi connectivity index (χ3v) is 3.37. The zero-order chi connectivity index (χ0) is 15.9. The molecule has 2 rings (SSSR count). The Hall–Kier alpha value is -2.25. The molecule has 0 saturated heterocycles. The molecule has 114 valence electrons. The van der Waals surface area contributed by atoms with Gasteiger partial charge in [0.2, 0.25) is 0 Å². The summed E-state index contributed by atoms with van der Waals surface area (Å²) in [6.45, 7) is 1.63. The third kappa shape index (κ3) is 2.53. The van der Waals surface area contributed by atoms with E-state index in [-0.39, 0.29) is 22.8 Å². The van der Waals surface area contributed by atoms with E-state index in [4.69, 9.17) is 9.84 Å². The molecule has 1 aromatic carbocycles. The van der Waals surface area contributed by atoms with Crippen molar-refractivity contribution in [2.24, 2.45) is 0 Å². The molecular weight excluding hydrogens is 291 g/mol. The normalized spacial score (nSPS) is 17.6. The van der Waals surface area contributed by atoms with Gasteiger partial charge in [-0.25, -0.2) is 4.79 Å². The molecule has 21 heavy (non-hydrogen) atoms. The molecular formula is C13H12F3NO4. The summed E-state index contributed by atoms with van der Waals surface area (Å²) in [4.78, 5) is 23.0. The van der Waals surface area contributed by atoms with Crippen molar-refractivity contribution >= 4 is 17.6 Å². The Morgan fingerprint density at radius 2 is 2.00 bits per heavy atom. The van der Waals surface area contributed by atoms with E-state index >= 15 is 0 Å². The second kappa shape index (κ2) is 4.94. The Kier molecular flexibility index (Phi) is 3.56. The minimum absolute atomic E-state index is 0.0680. The van der Waals surface area contributed by atoms with Gasteiger partial charge in [-0.15, -0.1) is 0 Å². The minimum Gasteiger partial charge on any atom is -0.497 e. The Balaban J connectivity index is 2.59. The highest BCUT2D eigenvalue weighted by atomic mass is 19.4. The number of carbonyl (C=O) groups excluding carboxylic acids is 1. The van der Waals surface area contributed by atoms with Gasteiger partial charge in [0.25, 0.3) is 0 Å². The Bertz CT molecular complexity index is 612. The van der Waals surface area contributed by atoms with Crippen molar-refractivity contribution in [2.45, 2.75) is 25.6 Å². The summed E-state index contributed by atoms with van der Waals surface area (Å²) in [6.07, 6.45) is -5.31. The molecule has 1 aromatic rings. The van der Waals surface area contributed by atoms with Gasteiger partial charge in [-0.2, -0.15) is 13.2 Å². The molecule has 1 amide bonds. The fourth-order valence-electron chi connectivity index (χ4n) is 2.40. The maximum atomic E-state index is 12.7. The Morgan fingerprint density at radius 3 is 2.48 bits per heavy atom. The molecule has 0 fully saturated rings. The van der Waals surface area contributed by atoms with Crippen LogP contribution in [-0.2, 0) is 16.0 Å². The van der Waals surface area contributed by atoms with Gasteiger partial charge in [-0.3, -0.25) is 9.69 Å². The van der Waals surface area contributed by atoms with Crippen LogP contribution in [0, 0.1) is 6.92 Å². The molecule has 1 N–H and O–H groups in total. The first-order valence-corrected chi connectivity index (χ1v) is 5.97. The highest BCUT2D eigenvalue weighted by Gasteiger charge is 2.50. The minimum atomic E-state index is -5.15. The SMILES string of the molecule is COc1cc(C)c2c(c1)N(C(=O)C(F)(F)F)C(C(=O)O)C2. The number of ether oxygens (including phenoxy) is 1. The van der Waals surface area contributed by atoms with E-state index in [1.54, 1.807) is 13.0 Å². The maximum Gasteiger partial charge on any atom is 0.471 e. The second-order valence-electron chi connectivity index (χ2n) is 4.67. The third-order valence-electron chi connectivity index (χ3n) is 3.37. The van der Waals surface area contributed by atoms with Crippen LogP contribution in [0.1, 0.15) is 11.1 Å². The number of carboxylic acids is 1. The maximum absolute atomic E-state index is 12.7. The zero-order valence-electron chi connectivity index (χ0n) is 11.2. The largest absolute Gasteiger partial charge is 0.497 e. The van der Waals surface area contributed by atoms with Crippen LogP contribution < -0.4 is 9.64 Å². The van der Waals surface area contributed by atoms with E-state index < -0.39 is 24.1 Å². The summed E-state index contributed by atoms with van der Waals surface area (Å²) in [5.41, 5.74) is 0.912. The lowest BCUT2D eigenvalue weighted by Crippen LogP contribution is -2.48. The van der Waals surface area contributed by atoms with Gasteiger partial charge in [0.05, 0.1) is 12.8 Å². The molecule has 0 aliphatic carbocycles. The monoisotopic (exact) mass is 303 g/mol. The van der Waals surface area contributed by atoms with E-state index in [1.807, 2.05) is 0 Å². The van der Waals surface area contributed by atoms with Gasteiger partial charge in [0.15, 0.2) is 0 Å². The molecule has 1 heterocycles. The smallest absolute Gasteiger partial charge is 0.471 e. The van der Waals surface area contributed by atoms with Gasteiger partial charge in [0, 0.05) is 12.5 Å². The topological polar surface area (TPSA) is 66.8 Å². The van der Waals surface area contributed by atoms with Crippen LogP contribution in [-0.4, -0.2) is 36.3 Å². The lowest BCUT2D eigenvalue weighted by Gasteiger charge is -2.23. The number of halogens is 3. The number of benzene rings is 1. The first-order chi connectivity index (χ1) is 9.66. The van der Waals surface area contributed by atoms with Gasteiger partial charge < -0.3 is 9.84 Å². The number of hydrogen-bond donors (Lipinski definition) is 1. The van der Waals surface area contributed by atoms with Crippen LogP contribution in [0.3, 0.4) is 0 Å². The van der Waals surface area contributed by atoms with Gasteiger partial charge in [-0.05, 0) is 24.1 Å². The van der Waals surface area contributed by atoms with Crippen LogP contribution in [0.2, 0.25) is 0 Å². The van der Waals surface area contributed by atoms with E-state index in [9.17, 15) is 22.8 Å². The number of rotatable bonds is 2. The first kappa shape index (κ1) is 15.1. The lowest BCUT2D eigenvalue weighted by molar-refractivity contribution is -0.171. The lowest BCUT2D eigenvalue weighted by atomic mass is 10.0. The molecule has 0 aromatic heterocycles. The van der Waals surface area contributed by atoms with Crippen molar-refractivity contribution < 1.29 is 32.6 Å². The number of carbonyl (C=O) groups is 2. The highest BCUT2D eigenvalue weighted by molar-refractivity contribution is 6.04. The molecule has 1 atom stereocenters. The van der Waals surface area contributed by atoms with Crippen LogP contribution in [0.4, 0.5) is 18.9 Å². The molecule has 8 heteroatoms. The quantitative estimate of drug-likeness (QED) is 0.906. The molecule has 5 nitrogen and oxygen atoms in total. The standard InChI is InChI=1S/C13H12F3NO4/c1-6-3-7(21-2)4-9-8(6)5-10(11(18)19)17(9)12(20)13(14,15)16/h3-4,10H,5H2,1-2H3,(H,18,19). The van der Waals surface area contributed by atoms with Crippen molar-refractivity contribution in [3.8, 4) is 5.75 Å². The molecule has 1 aliphatic rings. The van der Waals surface area contributed by atoms with E-state index in [2.05, 4.69) is 0 Å². The number of fused-ring (bicyclic) bond motifs is 1. The number of methoxy groups -OCH3 is 1. The summed E-state index contributed by atoms with van der Waals surface area (Å²) in [7, 11) is 1.33. The van der Waals surface area contributed by atoms with Crippen LogP contribution >= 0.6 is 0 Å². The van der Waals surface area contributed by atoms with Gasteiger partial charge in [-0.1, -0.05) is 0 Å². The van der Waals surface area contributed by atoms with E-state index in [0.717, 1.165) is 0 Å². The summed E-state index contributed by atoms with van der Waals surface area (Å²) in [6, 6.07) is 1.26. The highest BCUT2D eigenvalue weighted by Crippen LogP contribution is 2.39. The summed E-state index contributed by atoms with van der Waals surface area (Å²) in [5, 5.41) is 9.10. The summed E-state index contributed by atoms with van der Waals surface area (Å²) >= 11 is 0. The van der Waals surface area contributed by atoms with Crippen molar-refractivity contribution in [1.29, 1.82) is 0 Å². The van der Waals surface area contributed by atoms with Gasteiger partial charge in [0.1, 0.15) is 11.8 Å². The van der Waals surface area contributed by atoms with Crippen LogP contribution in [0.15, 0.2) is 12.1 Å². The number of aryl methyl sites for hydroxylation is 1. The fourth-order valence-corrected chi connectivity index (χ4v) is 2.40. The molecule has 0 saturated carbocycles. The van der Waals surface area contributed by atoms with Crippen LogP contribution in [0.25, 0.3) is 0 Å². The van der Waals surface area contributed by atoms with E-state index in [0.29, 0.717) is 11.1 Å². The number of alkyl halides is 3. The molecule has 0 radical (unpaired) electrons. The van der Waals surface area contributed by atoms with Crippen molar-refractivity contribution in [3.63, 3.8) is 0 Å². The average molecular weight is 303 g/mol. The van der Waals surface area contributed by atoms with Gasteiger partial charge >= 0.3 is 18.1 Å². The molecule has 0 bridgehead atoms. The number of carboxylic acid groups (broad SMARTS) is 1. The first-order valence-electron chi connectivity index (χ1n) is 5.97. The van der Waals surface area contributed by atoms with Crippen molar-refractivity contribution in [2.75, 3.05) is 12.0 Å². The van der Waals surface area contributed by atoms with Crippen molar-refractivity contribution in [1.82, 2.24) is 0 Å². The van der Waals surface area contributed by atoms with Crippen molar-refractivity contribution in [3.05, 3.63) is 23.3 Å². The number of aliphatic carboxylic acids is 1. The number of nitrogens with zero attached hydrogens (tertiary/aromatic N) is 1. The van der Waals surface area contributed by atoms with Crippen LogP contribution in [0.5, 0.6) is 5.75 Å². The Morgan fingerprint density at radius 1 is 1.38 bits per heavy atom. The fraction of sp³-hybridized carbons (Fsp3) is 0.385. The zero-order valence-corrected chi connectivity index (χ0v) is 11.2. The Labute approximate surface area is 117 Å². The number of amides is 1. The summed E-state index contributed by atoms with van der Waals surface area (Å²) < 4.78 is 43.1. The number of anilines is 1. The number of hydrogen-bond acceptors (Lipinski definition) is 3. The molecule has 1 aliphatic heterocycles. The molecule has 1 unspecified atom stereocenters. The summed E-state index contributed by atoms with van der Waals surface area (Å²) in [5.74, 6) is -3.42. The second-order valence-corrected chi connectivity index (χ2v) is 4.67. The molecule has 0 spiro atoms. The predicted octanol–water partition coefficient (Wildman–Crippen LogP) is 1.91. The average Bonchev–Trinajstić information content (AvgIpc) is 2.76.